The van der Waals surface area contributed by atoms with E-state index in [1.54, 1.807) is 0 Å². The van der Waals surface area contributed by atoms with Gasteiger partial charge in [-0.25, -0.2) is 8.93 Å². The fraction of sp³-hybridized carbons (Fsp3) is 0.294. The molecule has 0 radical (unpaired) electrons. The van der Waals surface area contributed by atoms with Gasteiger partial charge in [0.15, 0.2) is 0 Å². The SMILES string of the molecule is CC(C)(C)S(=O)NC(c1ccccc1)c1ccccc1. The van der Waals surface area contributed by atoms with Crippen LogP contribution in [0.1, 0.15) is 37.9 Å². The first-order valence-electron chi connectivity index (χ1n) is 6.76. The molecule has 0 amide bonds. The van der Waals surface area contributed by atoms with Gasteiger partial charge in [0, 0.05) is 0 Å². The van der Waals surface area contributed by atoms with E-state index in [-0.39, 0.29) is 10.8 Å². The maximum atomic E-state index is 12.4. The van der Waals surface area contributed by atoms with Gasteiger partial charge >= 0.3 is 0 Å². The molecule has 0 aliphatic heterocycles. The third kappa shape index (κ3) is 3.78. The molecular formula is C17H21NOS. The highest BCUT2D eigenvalue weighted by Gasteiger charge is 2.24. The van der Waals surface area contributed by atoms with Crippen molar-refractivity contribution in [1.82, 2.24) is 4.72 Å². The van der Waals surface area contributed by atoms with Crippen molar-refractivity contribution < 1.29 is 4.21 Å². The molecule has 0 aromatic heterocycles. The maximum absolute atomic E-state index is 12.4. The average Bonchev–Trinajstić information content (AvgIpc) is 2.45. The Morgan fingerprint density at radius 3 is 1.60 bits per heavy atom. The Morgan fingerprint density at radius 1 is 0.850 bits per heavy atom. The van der Waals surface area contributed by atoms with Crippen LogP contribution in [0.3, 0.4) is 0 Å². The highest BCUT2D eigenvalue weighted by Crippen LogP contribution is 2.24. The van der Waals surface area contributed by atoms with Crippen molar-refractivity contribution in [3.05, 3.63) is 71.8 Å². The largest absolute Gasteiger partial charge is 0.242 e. The second-order valence-electron chi connectivity index (χ2n) is 5.75. The first-order valence-corrected chi connectivity index (χ1v) is 7.91. The minimum absolute atomic E-state index is 0.0579. The number of hydrogen-bond acceptors (Lipinski definition) is 1. The third-order valence-electron chi connectivity index (χ3n) is 3.05. The molecule has 0 bridgehead atoms. The molecule has 0 aliphatic carbocycles. The summed E-state index contributed by atoms with van der Waals surface area (Å²) in [6.45, 7) is 5.93. The summed E-state index contributed by atoms with van der Waals surface area (Å²) in [5, 5.41) is 0. The zero-order valence-electron chi connectivity index (χ0n) is 12.2. The van der Waals surface area contributed by atoms with E-state index in [0.29, 0.717) is 0 Å². The van der Waals surface area contributed by atoms with Crippen LogP contribution in [0.2, 0.25) is 0 Å². The fourth-order valence-corrected chi connectivity index (χ4v) is 2.74. The van der Waals surface area contributed by atoms with Crippen molar-refractivity contribution in [1.29, 1.82) is 0 Å². The zero-order chi connectivity index (χ0) is 14.6. The van der Waals surface area contributed by atoms with Crippen LogP contribution in [0.4, 0.5) is 0 Å². The Labute approximate surface area is 123 Å². The van der Waals surface area contributed by atoms with E-state index < -0.39 is 11.0 Å². The van der Waals surface area contributed by atoms with E-state index in [0.717, 1.165) is 11.1 Å². The normalized spacial score (nSPS) is 13.4. The molecule has 0 saturated heterocycles. The average molecular weight is 287 g/mol. The number of nitrogens with one attached hydrogen (secondary N) is 1. The Bertz CT molecular complexity index is 521. The predicted molar refractivity (Wildman–Crippen MR) is 85.8 cm³/mol. The second kappa shape index (κ2) is 6.33. The molecule has 0 heterocycles. The lowest BCUT2D eigenvalue weighted by Crippen LogP contribution is -2.36. The van der Waals surface area contributed by atoms with E-state index in [9.17, 15) is 4.21 Å². The first kappa shape index (κ1) is 14.9. The molecule has 0 aliphatic rings. The molecule has 0 saturated carbocycles. The summed E-state index contributed by atoms with van der Waals surface area (Å²) in [7, 11) is -1.12. The van der Waals surface area contributed by atoms with E-state index >= 15 is 0 Å². The molecule has 1 atom stereocenters. The van der Waals surface area contributed by atoms with Gasteiger partial charge in [-0.3, -0.25) is 0 Å². The van der Waals surface area contributed by atoms with Crippen molar-refractivity contribution in [3.8, 4) is 0 Å². The van der Waals surface area contributed by atoms with E-state index in [1.807, 2.05) is 57.2 Å². The summed E-state index contributed by atoms with van der Waals surface area (Å²) in [4.78, 5) is 0. The van der Waals surface area contributed by atoms with Gasteiger partial charge in [0.2, 0.25) is 0 Å². The highest BCUT2D eigenvalue weighted by atomic mass is 32.2. The van der Waals surface area contributed by atoms with Crippen LogP contribution in [-0.2, 0) is 11.0 Å². The number of hydrogen-bond donors (Lipinski definition) is 1. The summed E-state index contributed by atoms with van der Waals surface area (Å²) in [6, 6.07) is 20.2. The van der Waals surface area contributed by atoms with Crippen LogP contribution in [0.15, 0.2) is 60.7 Å². The van der Waals surface area contributed by atoms with Gasteiger partial charge in [-0.2, -0.15) is 0 Å². The third-order valence-corrected chi connectivity index (χ3v) is 4.61. The molecule has 3 heteroatoms. The monoisotopic (exact) mass is 287 g/mol. The summed E-state index contributed by atoms with van der Waals surface area (Å²) in [5.74, 6) is 0. The molecule has 0 spiro atoms. The van der Waals surface area contributed by atoms with Gasteiger partial charge in [0.25, 0.3) is 0 Å². The first-order chi connectivity index (χ1) is 9.48. The Balaban J connectivity index is 2.34. The zero-order valence-corrected chi connectivity index (χ0v) is 13.0. The molecule has 2 rings (SSSR count). The second-order valence-corrected chi connectivity index (χ2v) is 7.75. The van der Waals surface area contributed by atoms with Crippen LogP contribution in [0, 0.1) is 0 Å². The van der Waals surface area contributed by atoms with Crippen molar-refractivity contribution in [3.63, 3.8) is 0 Å². The van der Waals surface area contributed by atoms with E-state index in [1.165, 1.54) is 0 Å². The molecule has 1 N–H and O–H groups in total. The van der Waals surface area contributed by atoms with Crippen LogP contribution in [-0.4, -0.2) is 8.96 Å². The quantitative estimate of drug-likeness (QED) is 0.910. The van der Waals surface area contributed by atoms with E-state index in [2.05, 4.69) is 29.0 Å². The molecule has 1 unspecified atom stereocenters. The van der Waals surface area contributed by atoms with Gasteiger partial charge in [-0.05, 0) is 31.9 Å². The minimum atomic E-state index is -1.12. The van der Waals surface area contributed by atoms with Crippen LogP contribution in [0.25, 0.3) is 0 Å². The Kier molecular flexibility index (Phi) is 4.73. The Hall–Kier alpha value is -1.45. The summed E-state index contributed by atoms with van der Waals surface area (Å²) >= 11 is 0. The van der Waals surface area contributed by atoms with Crippen LogP contribution < -0.4 is 4.72 Å². The predicted octanol–water partition coefficient (Wildman–Crippen LogP) is 3.83. The smallest absolute Gasteiger partial charge is 0.0979 e. The molecule has 2 aromatic carbocycles. The van der Waals surface area contributed by atoms with Gasteiger partial charge < -0.3 is 0 Å². The highest BCUT2D eigenvalue weighted by molar-refractivity contribution is 7.84. The van der Waals surface area contributed by atoms with Gasteiger partial charge in [0.05, 0.1) is 21.8 Å². The maximum Gasteiger partial charge on any atom is 0.0979 e. The minimum Gasteiger partial charge on any atom is -0.242 e. The molecule has 2 nitrogen and oxygen atoms in total. The molecule has 20 heavy (non-hydrogen) atoms. The summed E-state index contributed by atoms with van der Waals surface area (Å²) in [5.41, 5.74) is 2.24. The lowest BCUT2D eigenvalue weighted by atomic mass is 10.00. The lowest BCUT2D eigenvalue weighted by molar-refractivity contribution is 0.623. The summed E-state index contributed by atoms with van der Waals surface area (Å²) in [6.07, 6.45) is 0. The topological polar surface area (TPSA) is 29.1 Å². The number of rotatable bonds is 4. The van der Waals surface area contributed by atoms with Crippen molar-refractivity contribution in [2.24, 2.45) is 0 Å². The lowest BCUT2D eigenvalue weighted by Gasteiger charge is -2.25. The molecule has 106 valence electrons. The van der Waals surface area contributed by atoms with Crippen LogP contribution in [0.5, 0.6) is 0 Å². The molecule has 2 aromatic rings. The van der Waals surface area contributed by atoms with Crippen LogP contribution >= 0.6 is 0 Å². The fourth-order valence-electron chi connectivity index (χ4n) is 1.90. The van der Waals surface area contributed by atoms with E-state index in [4.69, 9.17) is 0 Å². The van der Waals surface area contributed by atoms with Gasteiger partial charge in [-0.15, -0.1) is 0 Å². The molecular weight excluding hydrogens is 266 g/mol. The van der Waals surface area contributed by atoms with Gasteiger partial charge in [-0.1, -0.05) is 60.7 Å². The van der Waals surface area contributed by atoms with Gasteiger partial charge in [0.1, 0.15) is 0 Å². The van der Waals surface area contributed by atoms with Crippen molar-refractivity contribution in [2.45, 2.75) is 31.6 Å². The van der Waals surface area contributed by atoms with Crippen molar-refractivity contribution in [2.75, 3.05) is 0 Å². The standard InChI is InChI=1S/C17H21NOS/c1-17(2,3)20(19)18-16(14-10-6-4-7-11-14)15-12-8-5-9-13-15/h4-13,16,18H,1-3H3. The Morgan fingerprint density at radius 2 is 1.25 bits per heavy atom. The number of benzene rings is 2. The molecule has 0 fully saturated rings. The van der Waals surface area contributed by atoms with Crippen molar-refractivity contribution >= 4 is 11.0 Å². The summed E-state index contributed by atoms with van der Waals surface area (Å²) < 4.78 is 15.4.